The first-order chi connectivity index (χ1) is 14.4. The summed E-state index contributed by atoms with van der Waals surface area (Å²) in [6.45, 7) is 0. The van der Waals surface area contributed by atoms with E-state index in [2.05, 4.69) is 109 Å². The number of rotatable bonds is 2. The van der Waals surface area contributed by atoms with Gasteiger partial charge < -0.3 is 0 Å². The minimum absolute atomic E-state index is 1.01. The molecule has 1 heteroatoms. The van der Waals surface area contributed by atoms with Crippen LogP contribution in [0.1, 0.15) is 0 Å². The third-order valence-corrected chi connectivity index (χ3v) is 9.70. The zero-order valence-corrected chi connectivity index (χ0v) is 18.7. The van der Waals surface area contributed by atoms with Gasteiger partial charge in [-0.1, -0.05) is 0 Å². The molecule has 0 heterocycles. The zero-order valence-electron chi connectivity index (χ0n) is 15.9. The average Bonchev–Trinajstić information content (AvgIpc) is 2.79. The summed E-state index contributed by atoms with van der Waals surface area (Å²) in [5, 5.41) is 11.0. The molecule has 0 saturated carbocycles. The Morgan fingerprint density at radius 1 is 0.345 bits per heavy atom. The van der Waals surface area contributed by atoms with Crippen LogP contribution >= 0.6 is 0 Å². The Morgan fingerprint density at radius 2 is 0.690 bits per heavy atom. The Bertz CT molecular complexity index is 1410. The molecule has 0 atom stereocenters. The predicted molar refractivity (Wildman–Crippen MR) is 128 cm³/mol. The van der Waals surface area contributed by atoms with E-state index in [1.54, 1.807) is 7.16 Å². The summed E-state index contributed by atoms with van der Waals surface area (Å²) in [7, 11) is 0. The summed E-state index contributed by atoms with van der Waals surface area (Å²) in [4.78, 5) is 0. The van der Waals surface area contributed by atoms with E-state index >= 15 is 0 Å². The van der Waals surface area contributed by atoms with Crippen molar-refractivity contribution in [1.82, 2.24) is 0 Å². The van der Waals surface area contributed by atoms with Crippen LogP contribution in [0.15, 0.2) is 109 Å². The molecule has 0 amide bonds. The Balaban J connectivity index is 1.64. The van der Waals surface area contributed by atoms with Crippen LogP contribution in [0.5, 0.6) is 0 Å². The van der Waals surface area contributed by atoms with Crippen molar-refractivity contribution in [3.63, 3.8) is 0 Å². The minimum atomic E-state index is -1.01. The van der Waals surface area contributed by atoms with E-state index in [4.69, 9.17) is 0 Å². The van der Waals surface area contributed by atoms with Crippen LogP contribution in [0.2, 0.25) is 0 Å². The second kappa shape index (κ2) is 6.89. The molecule has 0 spiro atoms. The van der Waals surface area contributed by atoms with Gasteiger partial charge in [-0.2, -0.15) is 0 Å². The predicted octanol–water partition coefficient (Wildman–Crippen LogP) is 5.95. The fourth-order valence-corrected chi connectivity index (χ4v) is 8.60. The van der Waals surface area contributed by atoms with Crippen molar-refractivity contribution in [3.05, 3.63) is 109 Å². The summed E-state index contributed by atoms with van der Waals surface area (Å²) in [6.07, 6.45) is 0. The molecule has 0 aliphatic heterocycles. The number of hydrogen-bond acceptors (Lipinski definition) is 0. The fourth-order valence-electron chi connectivity index (χ4n) is 4.46. The van der Waals surface area contributed by atoms with Crippen LogP contribution < -0.4 is 7.16 Å². The van der Waals surface area contributed by atoms with Crippen LogP contribution in [-0.2, 0) is 0 Å². The molecular formula is C28H18Sn. The first kappa shape index (κ1) is 17.1. The molecule has 0 unspecified atom stereocenters. The fraction of sp³-hybridized carbons (Fsp3) is 0. The standard InChI is InChI=1S/2C14H9.Sn/c2*1-3-7-13-11(5-1)9-10-12-6-2-4-8-14(12)13;/h2*1-9H;. The molecule has 0 nitrogen and oxygen atoms in total. The van der Waals surface area contributed by atoms with Gasteiger partial charge in [0, 0.05) is 0 Å². The Morgan fingerprint density at radius 3 is 1.14 bits per heavy atom. The van der Waals surface area contributed by atoms with E-state index in [0.717, 1.165) is 0 Å². The molecule has 0 N–H and O–H groups in total. The van der Waals surface area contributed by atoms with Crippen molar-refractivity contribution in [3.8, 4) is 0 Å². The normalized spacial score (nSPS) is 11.6. The van der Waals surface area contributed by atoms with E-state index in [-0.39, 0.29) is 0 Å². The molecule has 134 valence electrons. The van der Waals surface area contributed by atoms with Gasteiger partial charge in [0.05, 0.1) is 0 Å². The van der Waals surface area contributed by atoms with Gasteiger partial charge in [0.2, 0.25) is 0 Å². The molecule has 6 rings (SSSR count). The zero-order chi connectivity index (χ0) is 19.2. The Hall–Kier alpha value is -2.84. The maximum atomic E-state index is 2.45. The summed E-state index contributed by atoms with van der Waals surface area (Å²) in [5.74, 6) is 0. The maximum absolute atomic E-state index is 2.45. The summed E-state index contributed by atoms with van der Waals surface area (Å²) < 4.78 is 3.12. The second-order valence-corrected chi connectivity index (χ2v) is 11.3. The van der Waals surface area contributed by atoms with Gasteiger partial charge in [-0.25, -0.2) is 0 Å². The van der Waals surface area contributed by atoms with Gasteiger partial charge >= 0.3 is 181 Å². The number of hydrogen-bond donors (Lipinski definition) is 0. The molecule has 6 aromatic rings. The molecule has 0 saturated heterocycles. The van der Waals surface area contributed by atoms with Crippen molar-refractivity contribution in [2.24, 2.45) is 0 Å². The molecule has 0 aromatic heterocycles. The third-order valence-electron chi connectivity index (χ3n) is 5.81. The van der Waals surface area contributed by atoms with Gasteiger partial charge in [0.15, 0.2) is 0 Å². The molecule has 0 aliphatic rings. The monoisotopic (exact) mass is 474 g/mol. The van der Waals surface area contributed by atoms with Crippen LogP contribution in [-0.4, -0.2) is 21.1 Å². The number of fused-ring (bicyclic) bond motifs is 6. The van der Waals surface area contributed by atoms with Crippen LogP contribution in [0.25, 0.3) is 43.1 Å². The van der Waals surface area contributed by atoms with Crippen LogP contribution in [0.4, 0.5) is 0 Å². The SMILES string of the molecule is c1ccc2c(c1)c[c]([Sn][c]1cc3ccccc3c3ccccc13)c1ccccc12. The molecule has 2 radical (unpaired) electrons. The Kier molecular flexibility index (Phi) is 4.05. The van der Waals surface area contributed by atoms with E-state index in [1.165, 1.54) is 43.1 Å². The van der Waals surface area contributed by atoms with Gasteiger partial charge in [0.1, 0.15) is 0 Å². The quantitative estimate of drug-likeness (QED) is 0.215. The molecule has 0 fully saturated rings. The first-order valence-electron chi connectivity index (χ1n) is 9.96. The van der Waals surface area contributed by atoms with Gasteiger partial charge in [0.25, 0.3) is 0 Å². The third kappa shape index (κ3) is 2.82. The van der Waals surface area contributed by atoms with Gasteiger partial charge in [-0.05, 0) is 0 Å². The second-order valence-electron chi connectivity index (χ2n) is 7.51. The van der Waals surface area contributed by atoms with Crippen LogP contribution in [0, 0.1) is 0 Å². The van der Waals surface area contributed by atoms with Crippen molar-refractivity contribution < 1.29 is 0 Å². The molecule has 29 heavy (non-hydrogen) atoms. The van der Waals surface area contributed by atoms with E-state index in [0.29, 0.717) is 0 Å². The Labute approximate surface area is 180 Å². The summed E-state index contributed by atoms with van der Waals surface area (Å²) in [5.41, 5.74) is 0. The van der Waals surface area contributed by atoms with E-state index in [1.807, 2.05) is 0 Å². The molecule has 0 aliphatic carbocycles. The van der Waals surface area contributed by atoms with Crippen molar-refractivity contribution in [2.75, 3.05) is 0 Å². The topological polar surface area (TPSA) is 0 Å². The van der Waals surface area contributed by atoms with E-state index < -0.39 is 21.1 Å². The van der Waals surface area contributed by atoms with Crippen LogP contribution in [0.3, 0.4) is 0 Å². The summed E-state index contributed by atoms with van der Waals surface area (Å²) in [6, 6.07) is 40.3. The van der Waals surface area contributed by atoms with Crippen molar-refractivity contribution in [1.29, 1.82) is 0 Å². The molecule has 0 bridgehead atoms. The van der Waals surface area contributed by atoms with Gasteiger partial charge in [-0.3, -0.25) is 0 Å². The van der Waals surface area contributed by atoms with Crippen molar-refractivity contribution in [2.45, 2.75) is 0 Å². The van der Waals surface area contributed by atoms with Gasteiger partial charge in [-0.15, -0.1) is 0 Å². The first-order valence-corrected chi connectivity index (χ1v) is 12.8. The molecule has 6 aromatic carbocycles. The van der Waals surface area contributed by atoms with Crippen molar-refractivity contribution >= 4 is 71.4 Å². The average molecular weight is 473 g/mol. The summed E-state index contributed by atoms with van der Waals surface area (Å²) >= 11 is -1.01. The molecular weight excluding hydrogens is 455 g/mol. The van der Waals surface area contributed by atoms with E-state index in [9.17, 15) is 0 Å². The number of benzene rings is 6.